The first-order valence-corrected chi connectivity index (χ1v) is 9.94. The van der Waals surface area contributed by atoms with Crippen molar-refractivity contribution in [3.63, 3.8) is 0 Å². The maximum absolute atomic E-state index is 12.8. The number of aromatic amines is 1. The molecule has 1 saturated heterocycles. The molecule has 0 bridgehead atoms. The van der Waals surface area contributed by atoms with E-state index < -0.39 is 0 Å². The van der Waals surface area contributed by atoms with E-state index in [0.29, 0.717) is 30.2 Å². The number of pyridine rings is 1. The van der Waals surface area contributed by atoms with Gasteiger partial charge < -0.3 is 9.88 Å². The minimum absolute atomic E-state index is 0.0153. The average Bonchev–Trinajstić information content (AvgIpc) is 2.74. The second-order valence-electron chi connectivity index (χ2n) is 7.58. The third-order valence-electron chi connectivity index (χ3n) is 5.29. The van der Waals surface area contributed by atoms with Crippen molar-refractivity contribution in [3.05, 3.63) is 82.0 Å². The zero-order chi connectivity index (χ0) is 20.2. The Morgan fingerprint density at radius 1 is 1.17 bits per heavy atom. The fourth-order valence-corrected chi connectivity index (χ4v) is 3.85. The van der Waals surface area contributed by atoms with Crippen LogP contribution >= 0.6 is 0 Å². The van der Waals surface area contributed by atoms with Crippen molar-refractivity contribution in [2.24, 2.45) is 0 Å². The summed E-state index contributed by atoms with van der Waals surface area (Å²) in [6.45, 7) is 3.34. The molecule has 3 aromatic rings. The number of hydrogen-bond acceptors (Lipinski definition) is 4. The highest BCUT2D eigenvalue weighted by Crippen LogP contribution is 2.25. The van der Waals surface area contributed by atoms with E-state index in [1.165, 1.54) is 6.07 Å². The van der Waals surface area contributed by atoms with Gasteiger partial charge >= 0.3 is 0 Å². The molecule has 0 saturated carbocycles. The molecule has 1 aromatic carbocycles. The summed E-state index contributed by atoms with van der Waals surface area (Å²) in [6, 6.07) is 15.1. The quantitative estimate of drug-likeness (QED) is 0.745. The Hall–Kier alpha value is -3.28. The summed E-state index contributed by atoms with van der Waals surface area (Å²) in [6.07, 6.45) is 3.86. The van der Waals surface area contributed by atoms with E-state index in [0.717, 1.165) is 30.5 Å². The van der Waals surface area contributed by atoms with Crippen LogP contribution in [0.1, 0.15) is 35.7 Å². The molecule has 4 rings (SSSR count). The molecule has 1 aliphatic heterocycles. The van der Waals surface area contributed by atoms with Crippen LogP contribution in [0, 0.1) is 6.92 Å². The number of carbonyl (C=O) groups excluding carboxylic acids is 1. The van der Waals surface area contributed by atoms with Gasteiger partial charge in [0, 0.05) is 31.3 Å². The maximum Gasteiger partial charge on any atom is 0.251 e. The molecular weight excluding hydrogens is 364 g/mol. The maximum atomic E-state index is 12.8. The molecule has 0 aliphatic carbocycles. The van der Waals surface area contributed by atoms with Gasteiger partial charge in [-0.05, 0) is 37.5 Å². The second-order valence-corrected chi connectivity index (χ2v) is 7.58. The molecule has 29 heavy (non-hydrogen) atoms. The average molecular weight is 388 g/mol. The predicted molar refractivity (Wildman–Crippen MR) is 112 cm³/mol. The summed E-state index contributed by atoms with van der Waals surface area (Å²) in [7, 11) is 0. The largest absolute Gasteiger partial charge is 0.342 e. The third kappa shape index (κ3) is 4.59. The standard InChI is InChI=1S/C23H24N4O2/c1-16-6-4-7-17(12-16)13-22(29)27-11-5-8-18(15-27)23-25-20(14-21(28)26-23)19-9-2-3-10-24-19/h2-4,6-7,9-10,12,14,18H,5,8,11,13,15H2,1H3,(H,25,26,28). The van der Waals surface area contributed by atoms with Crippen LogP contribution in [0.5, 0.6) is 0 Å². The van der Waals surface area contributed by atoms with E-state index in [2.05, 4.69) is 21.0 Å². The number of H-pyrrole nitrogens is 1. The summed E-state index contributed by atoms with van der Waals surface area (Å²) in [5.74, 6) is 0.760. The van der Waals surface area contributed by atoms with Gasteiger partial charge in [0.25, 0.3) is 5.56 Å². The number of amides is 1. The summed E-state index contributed by atoms with van der Waals surface area (Å²) in [5.41, 5.74) is 3.22. The molecule has 1 unspecified atom stereocenters. The van der Waals surface area contributed by atoms with Crippen LogP contribution in [0.15, 0.2) is 59.5 Å². The van der Waals surface area contributed by atoms with E-state index in [1.807, 2.05) is 48.2 Å². The van der Waals surface area contributed by atoms with Gasteiger partial charge in [-0.15, -0.1) is 0 Å². The van der Waals surface area contributed by atoms with Crippen molar-refractivity contribution >= 4 is 5.91 Å². The minimum atomic E-state index is -0.195. The Bertz CT molecular complexity index is 1060. The Labute approximate surface area is 169 Å². The number of rotatable bonds is 4. The first-order chi connectivity index (χ1) is 14.1. The minimum Gasteiger partial charge on any atom is -0.342 e. The van der Waals surface area contributed by atoms with Gasteiger partial charge in [-0.3, -0.25) is 14.6 Å². The number of nitrogens with zero attached hydrogens (tertiary/aromatic N) is 3. The lowest BCUT2D eigenvalue weighted by atomic mass is 9.96. The van der Waals surface area contributed by atoms with Crippen LogP contribution in [0.4, 0.5) is 0 Å². The summed E-state index contributed by atoms with van der Waals surface area (Å²) < 4.78 is 0. The van der Waals surface area contributed by atoms with E-state index in [9.17, 15) is 9.59 Å². The Morgan fingerprint density at radius 3 is 2.86 bits per heavy atom. The van der Waals surface area contributed by atoms with Gasteiger partial charge in [0.2, 0.25) is 5.91 Å². The van der Waals surface area contributed by atoms with Gasteiger partial charge in [-0.25, -0.2) is 4.98 Å². The van der Waals surface area contributed by atoms with E-state index >= 15 is 0 Å². The SMILES string of the molecule is Cc1cccc(CC(=O)N2CCCC(c3nc(-c4ccccn4)cc(=O)[nH]3)C2)c1. The normalized spacial score (nSPS) is 16.6. The van der Waals surface area contributed by atoms with Crippen LogP contribution in [-0.4, -0.2) is 38.8 Å². The van der Waals surface area contributed by atoms with Gasteiger partial charge in [0.05, 0.1) is 17.8 Å². The van der Waals surface area contributed by atoms with E-state index in [4.69, 9.17) is 0 Å². The zero-order valence-corrected chi connectivity index (χ0v) is 16.5. The predicted octanol–water partition coefficient (Wildman–Crippen LogP) is 3.09. The second kappa shape index (κ2) is 8.39. The molecule has 6 nitrogen and oxygen atoms in total. The topological polar surface area (TPSA) is 79.0 Å². The lowest BCUT2D eigenvalue weighted by molar-refractivity contribution is -0.131. The summed E-state index contributed by atoms with van der Waals surface area (Å²) in [5, 5.41) is 0. The molecule has 1 atom stereocenters. The monoisotopic (exact) mass is 388 g/mol. The number of likely N-dealkylation sites (tertiary alicyclic amines) is 1. The number of aromatic nitrogens is 3. The van der Waals surface area contributed by atoms with E-state index in [1.54, 1.807) is 6.20 Å². The fourth-order valence-electron chi connectivity index (χ4n) is 3.85. The first-order valence-electron chi connectivity index (χ1n) is 9.94. The number of benzene rings is 1. The van der Waals surface area contributed by atoms with Gasteiger partial charge in [-0.1, -0.05) is 35.9 Å². The molecule has 1 amide bonds. The van der Waals surface area contributed by atoms with Crippen molar-refractivity contribution in [2.75, 3.05) is 13.1 Å². The van der Waals surface area contributed by atoms with Gasteiger partial charge in [0.1, 0.15) is 5.82 Å². The number of nitrogens with one attached hydrogen (secondary N) is 1. The Balaban J connectivity index is 1.52. The number of piperidine rings is 1. The van der Waals surface area contributed by atoms with Crippen molar-refractivity contribution in [1.82, 2.24) is 19.9 Å². The van der Waals surface area contributed by atoms with Crippen LogP contribution < -0.4 is 5.56 Å². The molecular formula is C23H24N4O2. The van der Waals surface area contributed by atoms with Gasteiger partial charge in [-0.2, -0.15) is 0 Å². The molecule has 1 N–H and O–H groups in total. The summed E-state index contributed by atoms with van der Waals surface area (Å²) >= 11 is 0. The van der Waals surface area contributed by atoms with Gasteiger partial charge in [0.15, 0.2) is 0 Å². The molecule has 3 heterocycles. The van der Waals surface area contributed by atoms with Crippen molar-refractivity contribution < 1.29 is 4.79 Å². The van der Waals surface area contributed by atoms with E-state index in [-0.39, 0.29) is 17.4 Å². The molecule has 2 aromatic heterocycles. The number of aryl methyl sites for hydroxylation is 1. The highest BCUT2D eigenvalue weighted by Gasteiger charge is 2.26. The smallest absolute Gasteiger partial charge is 0.251 e. The fraction of sp³-hybridized carbons (Fsp3) is 0.304. The van der Waals surface area contributed by atoms with Crippen molar-refractivity contribution in [2.45, 2.75) is 32.1 Å². The molecule has 1 aliphatic rings. The van der Waals surface area contributed by atoms with Crippen molar-refractivity contribution in [1.29, 1.82) is 0 Å². The number of carbonyl (C=O) groups is 1. The molecule has 6 heteroatoms. The first kappa shape index (κ1) is 19.1. The van der Waals surface area contributed by atoms with Crippen molar-refractivity contribution in [3.8, 4) is 11.4 Å². The lowest BCUT2D eigenvalue weighted by Crippen LogP contribution is -2.40. The zero-order valence-electron chi connectivity index (χ0n) is 16.5. The third-order valence-corrected chi connectivity index (χ3v) is 5.29. The van der Waals surface area contributed by atoms with Crippen LogP contribution in [0.2, 0.25) is 0 Å². The highest BCUT2D eigenvalue weighted by atomic mass is 16.2. The molecule has 0 spiro atoms. The molecule has 0 radical (unpaired) electrons. The summed E-state index contributed by atoms with van der Waals surface area (Å²) in [4.78, 5) is 38.8. The lowest BCUT2D eigenvalue weighted by Gasteiger charge is -2.32. The number of hydrogen-bond donors (Lipinski definition) is 1. The highest BCUT2D eigenvalue weighted by molar-refractivity contribution is 5.79. The Morgan fingerprint density at radius 2 is 2.07 bits per heavy atom. The molecule has 148 valence electrons. The Kier molecular flexibility index (Phi) is 5.51. The van der Waals surface area contributed by atoms with Crippen LogP contribution in [0.3, 0.4) is 0 Å². The molecule has 1 fully saturated rings. The van der Waals surface area contributed by atoms with Crippen LogP contribution in [0.25, 0.3) is 11.4 Å². The van der Waals surface area contributed by atoms with Crippen LogP contribution in [-0.2, 0) is 11.2 Å².